The first-order valence-corrected chi connectivity index (χ1v) is 20.6. The van der Waals surface area contributed by atoms with E-state index in [1.54, 1.807) is 0 Å². The van der Waals surface area contributed by atoms with Gasteiger partial charge < -0.3 is 9.80 Å². The maximum absolute atomic E-state index is 9.75. The summed E-state index contributed by atoms with van der Waals surface area (Å²) in [6, 6.07) is 71.0. The zero-order chi connectivity index (χ0) is 41.2. The highest BCUT2D eigenvalue weighted by Crippen LogP contribution is 2.58. The van der Waals surface area contributed by atoms with Gasteiger partial charge in [0.25, 0.3) is 0 Å². The van der Waals surface area contributed by atoms with Crippen LogP contribution in [-0.2, 0) is 5.41 Å². The number of anilines is 6. The minimum atomic E-state index is -0.398. The van der Waals surface area contributed by atoms with Crippen molar-refractivity contribution in [3.8, 4) is 17.2 Å². The lowest BCUT2D eigenvalue weighted by atomic mass is 9.81. The molecule has 61 heavy (non-hydrogen) atoms. The van der Waals surface area contributed by atoms with E-state index in [0.29, 0.717) is 11.3 Å². The lowest BCUT2D eigenvalue weighted by Crippen LogP contribution is -2.18. The topological polar surface area (TPSA) is 34.6 Å². The van der Waals surface area contributed by atoms with Gasteiger partial charge in [0.05, 0.1) is 29.6 Å². The van der Waals surface area contributed by atoms with Crippen LogP contribution in [0.5, 0.6) is 0 Å². The van der Waals surface area contributed by atoms with Crippen molar-refractivity contribution in [3.05, 3.63) is 222 Å². The van der Waals surface area contributed by atoms with Crippen molar-refractivity contribution in [1.82, 2.24) is 0 Å². The van der Waals surface area contributed by atoms with Crippen molar-refractivity contribution in [1.29, 1.82) is 5.26 Å². The fraction of sp³-hybridized carbons (Fsp3) is 0.0526. The summed E-state index contributed by atoms with van der Waals surface area (Å²) in [5.74, 6) is 0. The van der Waals surface area contributed by atoms with Crippen LogP contribution in [-0.4, -0.2) is 0 Å². The standard InChI is InChI=1S/C57H38N4/c1-57(2)51-34-53(60(43-26-20-37(36-58)21-27-43)45-28-22-38-12-4-6-14-40(38)32-45)47-16-8-10-18-49(47)55(51)56-50-19-11-9-17-48(50)54(35-52(56)57)61(44-30-24-42(59-3)25-31-44)46-29-23-39-13-5-7-15-41(39)33-46/h4-35H,1-2H3. The van der Waals surface area contributed by atoms with E-state index in [2.05, 4.69) is 204 Å². The molecule has 0 fully saturated rings. The molecule has 0 aliphatic heterocycles. The average Bonchev–Trinajstić information content (AvgIpc) is 3.55. The maximum atomic E-state index is 9.75. The number of benzene rings is 10. The Morgan fingerprint density at radius 1 is 0.443 bits per heavy atom. The number of nitriles is 1. The second-order valence-electron chi connectivity index (χ2n) is 16.4. The van der Waals surface area contributed by atoms with Gasteiger partial charge in [0, 0.05) is 38.9 Å². The number of hydrogen-bond acceptors (Lipinski definition) is 3. The summed E-state index contributed by atoms with van der Waals surface area (Å²) < 4.78 is 0. The van der Waals surface area contributed by atoms with Crippen LogP contribution in [0.3, 0.4) is 0 Å². The molecule has 4 nitrogen and oxygen atoms in total. The Morgan fingerprint density at radius 2 is 0.836 bits per heavy atom. The van der Waals surface area contributed by atoms with Gasteiger partial charge in [-0.2, -0.15) is 5.26 Å². The summed E-state index contributed by atoms with van der Waals surface area (Å²) in [6.45, 7) is 12.4. The minimum absolute atomic E-state index is 0.398. The Kier molecular flexibility index (Phi) is 8.24. The van der Waals surface area contributed by atoms with Crippen molar-refractivity contribution in [2.75, 3.05) is 9.80 Å². The van der Waals surface area contributed by atoms with Crippen molar-refractivity contribution in [2.24, 2.45) is 0 Å². The number of rotatable bonds is 6. The van der Waals surface area contributed by atoms with E-state index < -0.39 is 5.41 Å². The van der Waals surface area contributed by atoms with Crippen molar-refractivity contribution < 1.29 is 0 Å². The maximum Gasteiger partial charge on any atom is 0.187 e. The molecule has 0 unspecified atom stereocenters. The third kappa shape index (κ3) is 5.73. The van der Waals surface area contributed by atoms with E-state index in [1.807, 2.05) is 24.3 Å². The Bertz CT molecular complexity index is 3240. The lowest BCUT2D eigenvalue weighted by Gasteiger charge is -2.31. The van der Waals surface area contributed by atoms with Crippen LogP contribution >= 0.6 is 0 Å². The Balaban J connectivity index is 1.18. The first-order chi connectivity index (χ1) is 29.9. The van der Waals surface area contributed by atoms with E-state index >= 15 is 0 Å². The van der Waals surface area contributed by atoms with Gasteiger partial charge in [0.15, 0.2) is 5.69 Å². The molecule has 1 aliphatic rings. The molecule has 0 spiro atoms. The molecule has 10 aromatic carbocycles. The quantitative estimate of drug-likeness (QED) is 0.158. The summed E-state index contributed by atoms with van der Waals surface area (Å²) in [6.07, 6.45) is 0. The zero-order valence-corrected chi connectivity index (χ0v) is 33.8. The monoisotopic (exact) mass is 778 g/mol. The summed E-state index contributed by atoms with van der Waals surface area (Å²) in [5, 5.41) is 19.1. The molecule has 0 N–H and O–H groups in total. The molecule has 0 amide bonds. The summed E-state index contributed by atoms with van der Waals surface area (Å²) in [4.78, 5) is 8.43. The normalized spacial score (nSPS) is 12.5. The van der Waals surface area contributed by atoms with Crippen LogP contribution in [0.2, 0.25) is 0 Å². The van der Waals surface area contributed by atoms with Crippen LogP contribution in [0.25, 0.3) is 59.1 Å². The molecule has 4 heteroatoms. The van der Waals surface area contributed by atoms with Crippen LogP contribution < -0.4 is 9.80 Å². The highest BCUT2D eigenvalue weighted by Gasteiger charge is 2.40. The molecule has 0 heterocycles. The van der Waals surface area contributed by atoms with Gasteiger partial charge in [0.2, 0.25) is 0 Å². The molecule has 0 aromatic heterocycles. The van der Waals surface area contributed by atoms with Gasteiger partial charge in [-0.3, -0.25) is 0 Å². The molecule has 286 valence electrons. The largest absolute Gasteiger partial charge is 0.310 e. The first-order valence-electron chi connectivity index (χ1n) is 20.6. The molecular formula is C57H38N4. The Labute approximate surface area is 355 Å². The third-order valence-corrected chi connectivity index (χ3v) is 12.6. The van der Waals surface area contributed by atoms with Crippen LogP contribution in [0, 0.1) is 17.9 Å². The number of hydrogen-bond donors (Lipinski definition) is 0. The Morgan fingerprint density at radius 3 is 1.28 bits per heavy atom. The highest BCUT2D eigenvalue weighted by molar-refractivity contribution is 6.17. The molecule has 1 aliphatic carbocycles. The molecule has 11 rings (SSSR count). The van der Waals surface area contributed by atoms with E-state index in [-0.39, 0.29) is 0 Å². The highest BCUT2D eigenvalue weighted by atomic mass is 15.2. The molecular weight excluding hydrogens is 741 g/mol. The van der Waals surface area contributed by atoms with E-state index in [0.717, 1.165) is 50.3 Å². The summed E-state index contributed by atoms with van der Waals surface area (Å²) in [7, 11) is 0. The van der Waals surface area contributed by atoms with Crippen molar-refractivity contribution in [3.63, 3.8) is 0 Å². The third-order valence-electron chi connectivity index (χ3n) is 12.6. The average molecular weight is 779 g/mol. The molecule has 0 atom stereocenters. The van der Waals surface area contributed by atoms with Crippen LogP contribution in [0.15, 0.2) is 194 Å². The van der Waals surface area contributed by atoms with Crippen LogP contribution in [0.4, 0.5) is 39.8 Å². The predicted octanol–water partition coefficient (Wildman–Crippen LogP) is 16.0. The smallest absolute Gasteiger partial charge is 0.187 e. The zero-order valence-electron chi connectivity index (χ0n) is 33.8. The first kappa shape index (κ1) is 35.9. The molecule has 10 aromatic rings. The van der Waals surface area contributed by atoms with Crippen LogP contribution in [0.1, 0.15) is 30.5 Å². The van der Waals surface area contributed by atoms with Crippen molar-refractivity contribution >= 4 is 82.9 Å². The second kappa shape index (κ2) is 14.0. The van der Waals surface area contributed by atoms with Gasteiger partial charge in [0.1, 0.15) is 0 Å². The fourth-order valence-electron chi connectivity index (χ4n) is 9.60. The lowest BCUT2D eigenvalue weighted by molar-refractivity contribution is 0.661. The minimum Gasteiger partial charge on any atom is -0.310 e. The van der Waals surface area contributed by atoms with Gasteiger partial charge in [-0.15, -0.1) is 0 Å². The fourth-order valence-corrected chi connectivity index (χ4v) is 9.60. The van der Waals surface area contributed by atoms with Gasteiger partial charge >= 0.3 is 0 Å². The van der Waals surface area contributed by atoms with E-state index in [9.17, 15) is 5.26 Å². The summed E-state index contributed by atoms with van der Waals surface area (Å²) in [5.41, 5.74) is 12.1. The van der Waals surface area contributed by atoms with Gasteiger partial charge in [-0.1, -0.05) is 135 Å². The predicted molar refractivity (Wildman–Crippen MR) is 254 cm³/mol. The second-order valence-corrected chi connectivity index (χ2v) is 16.4. The molecule has 0 bridgehead atoms. The van der Waals surface area contributed by atoms with Gasteiger partial charge in [-0.25, -0.2) is 4.85 Å². The van der Waals surface area contributed by atoms with E-state index in [1.165, 1.54) is 49.2 Å². The van der Waals surface area contributed by atoms with E-state index in [4.69, 9.17) is 6.57 Å². The number of fused-ring (bicyclic) bond motifs is 9. The van der Waals surface area contributed by atoms with Gasteiger partial charge in [-0.05, 0) is 127 Å². The van der Waals surface area contributed by atoms with Crippen molar-refractivity contribution in [2.45, 2.75) is 19.3 Å². The SMILES string of the molecule is [C-]#[N+]c1ccc(N(c2ccc3ccccc3c2)c2cc3c(c4ccccc24)-c2c(cc(N(c4ccc(C#N)cc4)c4ccc5ccccc5c4)c4ccccc24)C3(C)C)cc1. The molecule has 0 saturated carbocycles. The molecule has 0 radical (unpaired) electrons. The molecule has 0 saturated heterocycles. The summed E-state index contributed by atoms with van der Waals surface area (Å²) >= 11 is 0. The Hall–Kier alpha value is -8.18. The number of nitrogens with zero attached hydrogens (tertiary/aromatic N) is 4.